The molecule has 2 N–H and O–H groups in total. The summed E-state index contributed by atoms with van der Waals surface area (Å²) in [6.07, 6.45) is 2.13. The van der Waals surface area contributed by atoms with Gasteiger partial charge in [-0.1, -0.05) is 30.3 Å². The minimum atomic E-state index is 0.413. The van der Waals surface area contributed by atoms with E-state index in [9.17, 15) is 0 Å². The molecule has 0 fully saturated rings. The molecule has 3 heteroatoms. The number of nitrogens with two attached hydrogens (primary N) is 1. The van der Waals surface area contributed by atoms with Crippen LogP contribution >= 0.6 is 0 Å². The molecule has 1 aliphatic rings. The Hall–Kier alpha value is -1.74. The molecule has 1 aromatic carbocycles. The first-order valence-corrected chi connectivity index (χ1v) is 6.42. The standard InChI is InChI=1S/C15H17N3/c1-10-17-13-8-7-12(9-16)14(13)15(18-10)11-5-3-2-4-6-11/h2-6,12H,7-9,16H2,1H3. The topological polar surface area (TPSA) is 51.8 Å². The molecule has 1 aliphatic carbocycles. The van der Waals surface area contributed by atoms with E-state index < -0.39 is 0 Å². The normalized spacial score (nSPS) is 17.8. The number of hydrogen-bond acceptors (Lipinski definition) is 3. The fourth-order valence-electron chi connectivity index (χ4n) is 2.77. The number of rotatable bonds is 2. The van der Waals surface area contributed by atoms with Crippen molar-refractivity contribution >= 4 is 0 Å². The second-order valence-corrected chi connectivity index (χ2v) is 4.82. The average molecular weight is 239 g/mol. The lowest BCUT2D eigenvalue weighted by molar-refractivity contribution is 0.688. The van der Waals surface area contributed by atoms with Gasteiger partial charge in [0.05, 0.1) is 5.69 Å². The molecule has 0 radical (unpaired) electrons. The van der Waals surface area contributed by atoms with E-state index >= 15 is 0 Å². The van der Waals surface area contributed by atoms with E-state index in [-0.39, 0.29) is 0 Å². The van der Waals surface area contributed by atoms with Crippen LogP contribution in [-0.4, -0.2) is 16.5 Å². The van der Waals surface area contributed by atoms with Gasteiger partial charge in [-0.25, -0.2) is 9.97 Å². The molecule has 0 saturated heterocycles. The number of aryl methyl sites for hydroxylation is 2. The maximum atomic E-state index is 5.88. The maximum absolute atomic E-state index is 5.88. The number of hydrogen-bond donors (Lipinski definition) is 1. The van der Waals surface area contributed by atoms with Crippen LogP contribution in [0.3, 0.4) is 0 Å². The molecule has 0 aliphatic heterocycles. The van der Waals surface area contributed by atoms with Crippen molar-refractivity contribution < 1.29 is 0 Å². The molecule has 1 unspecified atom stereocenters. The lowest BCUT2D eigenvalue weighted by Gasteiger charge is -2.13. The maximum Gasteiger partial charge on any atom is 0.126 e. The van der Waals surface area contributed by atoms with E-state index in [1.165, 1.54) is 16.8 Å². The Morgan fingerprint density at radius 3 is 2.72 bits per heavy atom. The van der Waals surface area contributed by atoms with Crippen molar-refractivity contribution in [2.24, 2.45) is 5.73 Å². The van der Waals surface area contributed by atoms with Gasteiger partial charge in [0.25, 0.3) is 0 Å². The molecule has 2 aromatic rings. The summed E-state index contributed by atoms with van der Waals surface area (Å²) in [6.45, 7) is 2.64. The fraction of sp³-hybridized carbons (Fsp3) is 0.333. The second kappa shape index (κ2) is 4.50. The van der Waals surface area contributed by atoms with Crippen molar-refractivity contribution in [2.45, 2.75) is 25.7 Å². The summed E-state index contributed by atoms with van der Waals surface area (Å²) in [5.41, 5.74) is 10.6. The van der Waals surface area contributed by atoms with Crippen molar-refractivity contribution in [1.82, 2.24) is 9.97 Å². The highest BCUT2D eigenvalue weighted by Crippen LogP contribution is 2.37. The number of aromatic nitrogens is 2. The lowest BCUT2D eigenvalue weighted by atomic mass is 9.97. The summed E-state index contributed by atoms with van der Waals surface area (Å²) in [6, 6.07) is 10.3. The largest absolute Gasteiger partial charge is 0.330 e. The van der Waals surface area contributed by atoms with Crippen LogP contribution < -0.4 is 5.73 Å². The van der Waals surface area contributed by atoms with Crippen LogP contribution in [0.5, 0.6) is 0 Å². The van der Waals surface area contributed by atoms with Crippen molar-refractivity contribution in [1.29, 1.82) is 0 Å². The zero-order valence-corrected chi connectivity index (χ0v) is 10.6. The molecule has 0 amide bonds. The zero-order chi connectivity index (χ0) is 12.5. The van der Waals surface area contributed by atoms with Gasteiger partial charge < -0.3 is 5.73 Å². The summed E-state index contributed by atoms with van der Waals surface area (Å²) in [4.78, 5) is 9.22. The molecule has 1 aromatic heterocycles. The summed E-state index contributed by atoms with van der Waals surface area (Å²) in [5, 5.41) is 0. The summed E-state index contributed by atoms with van der Waals surface area (Å²) < 4.78 is 0. The summed E-state index contributed by atoms with van der Waals surface area (Å²) in [5.74, 6) is 1.26. The van der Waals surface area contributed by atoms with Crippen molar-refractivity contribution in [3.8, 4) is 11.3 Å². The zero-order valence-electron chi connectivity index (χ0n) is 10.6. The Kier molecular flexibility index (Phi) is 2.84. The van der Waals surface area contributed by atoms with Crippen LogP contribution in [-0.2, 0) is 6.42 Å². The predicted molar refractivity (Wildman–Crippen MR) is 72.3 cm³/mol. The van der Waals surface area contributed by atoms with Crippen LogP contribution in [0.1, 0.15) is 29.4 Å². The third-order valence-corrected chi connectivity index (χ3v) is 3.61. The van der Waals surface area contributed by atoms with Gasteiger partial charge in [0.1, 0.15) is 5.82 Å². The Labute approximate surface area is 107 Å². The minimum absolute atomic E-state index is 0.413. The quantitative estimate of drug-likeness (QED) is 0.875. The van der Waals surface area contributed by atoms with E-state index in [0.717, 1.165) is 24.4 Å². The highest BCUT2D eigenvalue weighted by molar-refractivity contribution is 5.65. The highest BCUT2D eigenvalue weighted by Gasteiger charge is 2.27. The van der Waals surface area contributed by atoms with E-state index in [0.29, 0.717) is 12.5 Å². The third-order valence-electron chi connectivity index (χ3n) is 3.61. The fourth-order valence-corrected chi connectivity index (χ4v) is 2.77. The van der Waals surface area contributed by atoms with Gasteiger partial charge in [0, 0.05) is 22.7 Å². The number of fused-ring (bicyclic) bond motifs is 1. The molecule has 92 valence electrons. The van der Waals surface area contributed by atoms with E-state index in [2.05, 4.69) is 22.1 Å². The molecule has 1 heterocycles. The van der Waals surface area contributed by atoms with Gasteiger partial charge in [0.15, 0.2) is 0 Å². The van der Waals surface area contributed by atoms with Crippen molar-refractivity contribution in [3.63, 3.8) is 0 Å². The van der Waals surface area contributed by atoms with Crippen LogP contribution in [0.2, 0.25) is 0 Å². The van der Waals surface area contributed by atoms with Crippen LogP contribution in [0, 0.1) is 6.92 Å². The first-order chi connectivity index (χ1) is 8.79. The molecule has 3 nitrogen and oxygen atoms in total. The molecule has 0 saturated carbocycles. The molecular formula is C15H17N3. The van der Waals surface area contributed by atoms with Crippen molar-refractivity contribution in [2.75, 3.05) is 6.54 Å². The number of benzene rings is 1. The van der Waals surface area contributed by atoms with Crippen molar-refractivity contribution in [3.05, 3.63) is 47.4 Å². The number of nitrogens with zero attached hydrogens (tertiary/aromatic N) is 2. The Morgan fingerprint density at radius 2 is 2.00 bits per heavy atom. The van der Waals surface area contributed by atoms with Gasteiger partial charge in [-0.3, -0.25) is 0 Å². The van der Waals surface area contributed by atoms with Gasteiger partial charge in [-0.05, 0) is 26.3 Å². The SMILES string of the molecule is Cc1nc2c(c(-c3ccccc3)n1)C(CN)CC2. The van der Waals surface area contributed by atoms with E-state index in [4.69, 9.17) is 5.73 Å². The van der Waals surface area contributed by atoms with E-state index in [1.54, 1.807) is 0 Å². The van der Waals surface area contributed by atoms with Gasteiger partial charge in [0.2, 0.25) is 0 Å². The second-order valence-electron chi connectivity index (χ2n) is 4.82. The molecular weight excluding hydrogens is 222 g/mol. The summed E-state index contributed by atoms with van der Waals surface area (Å²) in [7, 11) is 0. The van der Waals surface area contributed by atoms with Crippen LogP contribution in [0.4, 0.5) is 0 Å². The molecule has 1 atom stereocenters. The Balaban J connectivity index is 2.21. The molecule has 0 bridgehead atoms. The first-order valence-electron chi connectivity index (χ1n) is 6.42. The molecule has 0 spiro atoms. The Bertz CT molecular complexity index is 563. The summed E-state index contributed by atoms with van der Waals surface area (Å²) >= 11 is 0. The smallest absolute Gasteiger partial charge is 0.126 e. The first kappa shape index (κ1) is 11.4. The minimum Gasteiger partial charge on any atom is -0.330 e. The highest BCUT2D eigenvalue weighted by atomic mass is 14.9. The third kappa shape index (κ3) is 1.81. The lowest BCUT2D eigenvalue weighted by Crippen LogP contribution is -2.11. The predicted octanol–water partition coefficient (Wildman–Crippen LogP) is 2.44. The van der Waals surface area contributed by atoms with Crippen LogP contribution in [0.15, 0.2) is 30.3 Å². The molecule has 3 rings (SSSR count). The van der Waals surface area contributed by atoms with Gasteiger partial charge in [-0.15, -0.1) is 0 Å². The Morgan fingerprint density at radius 1 is 1.22 bits per heavy atom. The molecule has 18 heavy (non-hydrogen) atoms. The van der Waals surface area contributed by atoms with E-state index in [1.807, 2.05) is 25.1 Å². The average Bonchev–Trinajstić information content (AvgIpc) is 2.81. The monoisotopic (exact) mass is 239 g/mol. The van der Waals surface area contributed by atoms with Gasteiger partial charge >= 0.3 is 0 Å². The van der Waals surface area contributed by atoms with Gasteiger partial charge in [-0.2, -0.15) is 0 Å². The van der Waals surface area contributed by atoms with Crippen LogP contribution in [0.25, 0.3) is 11.3 Å².